The van der Waals surface area contributed by atoms with Gasteiger partial charge in [0.2, 0.25) is 0 Å². The number of carbonyl (C=O) groups is 1. The molecule has 0 aliphatic rings. The Morgan fingerprint density at radius 3 is 2.65 bits per heavy atom. The fourth-order valence-electron chi connectivity index (χ4n) is 3.10. The zero-order chi connectivity index (χ0) is 16.1. The Kier molecular flexibility index (Phi) is 2.78. The molecule has 2 heterocycles. The number of aromatic nitrogens is 3. The van der Waals surface area contributed by atoms with Gasteiger partial charge in [0, 0.05) is 42.1 Å². The summed E-state index contributed by atoms with van der Waals surface area (Å²) in [4.78, 5) is 11.2. The number of benzene rings is 2. The summed E-state index contributed by atoms with van der Waals surface area (Å²) in [6.07, 6.45) is 2.03. The molecule has 4 rings (SSSR count). The highest BCUT2D eigenvalue weighted by atomic mass is 16.4. The lowest BCUT2D eigenvalue weighted by Crippen LogP contribution is -1.96. The van der Waals surface area contributed by atoms with Crippen LogP contribution in [-0.4, -0.2) is 25.4 Å². The Balaban J connectivity index is 2.03. The van der Waals surface area contributed by atoms with Crippen LogP contribution in [-0.2, 0) is 14.1 Å². The highest BCUT2D eigenvalue weighted by Gasteiger charge is 2.15. The summed E-state index contributed by atoms with van der Waals surface area (Å²) in [6.45, 7) is 0. The lowest BCUT2D eigenvalue weighted by Gasteiger charge is -2.02. The molecule has 0 aliphatic heterocycles. The smallest absolute Gasteiger partial charge is 0.335 e. The summed E-state index contributed by atoms with van der Waals surface area (Å²) in [5, 5.41) is 15.9. The molecule has 23 heavy (non-hydrogen) atoms. The van der Waals surface area contributed by atoms with Gasteiger partial charge in [-0.15, -0.1) is 0 Å². The van der Waals surface area contributed by atoms with E-state index in [-0.39, 0.29) is 5.56 Å². The molecule has 0 fully saturated rings. The molecule has 0 amide bonds. The standard InChI is InChI=1S/C18H15N3O2/c1-20-9-8-12-13(4-3-5-15(12)20)17-14-7-6-11(18(22)23)10-16(14)21(2)19-17/h3-10H,1-2H3,(H,22,23). The fraction of sp³-hybridized carbons (Fsp3) is 0.111. The molecule has 0 saturated carbocycles. The number of carboxylic acid groups (broad SMARTS) is 1. The van der Waals surface area contributed by atoms with Gasteiger partial charge in [-0.3, -0.25) is 4.68 Å². The van der Waals surface area contributed by atoms with Crippen molar-refractivity contribution in [3.63, 3.8) is 0 Å². The molecule has 114 valence electrons. The first-order valence-corrected chi connectivity index (χ1v) is 7.31. The van der Waals surface area contributed by atoms with E-state index in [9.17, 15) is 9.90 Å². The van der Waals surface area contributed by atoms with Gasteiger partial charge >= 0.3 is 5.97 Å². The minimum absolute atomic E-state index is 0.268. The summed E-state index contributed by atoms with van der Waals surface area (Å²) in [5.41, 5.74) is 4.15. The molecule has 0 aliphatic carbocycles. The fourth-order valence-corrected chi connectivity index (χ4v) is 3.10. The number of nitrogens with zero attached hydrogens (tertiary/aromatic N) is 3. The van der Waals surface area contributed by atoms with E-state index in [4.69, 9.17) is 0 Å². The first-order valence-electron chi connectivity index (χ1n) is 7.31. The largest absolute Gasteiger partial charge is 0.478 e. The Hall–Kier alpha value is -3.08. The zero-order valence-corrected chi connectivity index (χ0v) is 12.8. The van der Waals surface area contributed by atoms with Gasteiger partial charge in [-0.05, 0) is 30.3 Å². The van der Waals surface area contributed by atoms with Crippen molar-refractivity contribution in [2.45, 2.75) is 0 Å². The Labute approximate surface area is 132 Å². The van der Waals surface area contributed by atoms with Gasteiger partial charge in [0.1, 0.15) is 5.69 Å². The SMILES string of the molecule is Cn1ccc2c(-c3nn(C)c4cc(C(=O)O)ccc34)cccc21. The summed E-state index contributed by atoms with van der Waals surface area (Å²) in [5.74, 6) is -0.931. The molecular weight excluding hydrogens is 290 g/mol. The van der Waals surface area contributed by atoms with Gasteiger partial charge in [0.15, 0.2) is 0 Å². The van der Waals surface area contributed by atoms with Crippen molar-refractivity contribution < 1.29 is 9.90 Å². The summed E-state index contributed by atoms with van der Waals surface area (Å²) >= 11 is 0. The molecule has 0 radical (unpaired) electrons. The Morgan fingerprint density at radius 1 is 1.04 bits per heavy atom. The van der Waals surface area contributed by atoms with Crippen LogP contribution in [0.5, 0.6) is 0 Å². The Morgan fingerprint density at radius 2 is 1.87 bits per heavy atom. The first kappa shape index (κ1) is 13.6. The zero-order valence-electron chi connectivity index (χ0n) is 12.8. The van der Waals surface area contributed by atoms with Crippen LogP contribution >= 0.6 is 0 Å². The van der Waals surface area contributed by atoms with Crippen molar-refractivity contribution in [3.05, 3.63) is 54.2 Å². The summed E-state index contributed by atoms with van der Waals surface area (Å²) in [6, 6.07) is 13.4. The molecule has 4 aromatic rings. The van der Waals surface area contributed by atoms with Crippen molar-refractivity contribution in [1.29, 1.82) is 0 Å². The molecule has 0 spiro atoms. The minimum Gasteiger partial charge on any atom is -0.478 e. The average molecular weight is 305 g/mol. The number of carboxylic acids is 1. The van der Waals surface area contributed by atoms with Crippen LogP contribution in [0.15, 0.2) is 48.7 Å². The maximum absolute atomic E-state index is 11.2. The van der Waals surface area contributed by atoms with E-state index in [1.807, 2.05) is 32.4 Å². The third kappa shape index (κ3) is 1.93. The maximum atomic E-state index is 11.2. The van der Waals surface area contributed by atoms with Crippen LogP contribution < -0.4 is 0 Å². The third-order valence-electron chi connectivity index (χ3n) is 4.28. The van der Waals surface area contributed by atoms with Gasteiger partial charge in [-0.2, -0.15) is 5.10 Å². The molecule has 1 N–H and O–H groups in total. The predicted octanol–water partition coefficient (Wildman–Crippen LogP) is 3.43. The van der Waals surface area contributed by atoms with Crippen LogP contribution in [0.25, 0.3) is 33.1 Å². The number of rotatable bonds is 2. The van der Waals surface area contributed by atoms with E-state index in [1.165, 1.54) is 0 Å². The number of fused-ring (bicyclic) bond motifs is 2. The first-order chi connectivity index (χ1) is 11.1. The average Bonchev–Trinajstić information content (AvgIpc) is 3.08. The van der Waals surface area contributed by atoms with Gasteiger partial charge in [-0.1, -0.05) is 12.1 Å². The van der Waals surface area contributed by atoms with E-state index in [2.05, 4.69) is 27.9 Å². The molecule has 5 nitrogen and oxygen atoms in total. The van der Waals surface area contributed by atoms with Gasteiger partial charge in [0.25, 0.3) is 0 Å². The molecule has 0 bridgehead atoms. The predicted molar refractivity (Wildman–Crippen MR) is 89.6 cm³/mol. The molecule has 5 heteroatoms. The third-order valence-corrected chi connectivity index (χ3v) is 4.28. The molecule has 0 unspecified atom stereocenters. The van der Waals surface area contributed by atoms with Gasteiger partial charge in [-0.25, -0.2) is 4.79 Å². The monoisotopic (exact) mass is 305 g/mol. The van der Waals surface area contributed by atoms with E-state index < -0.39 is 5.97 Å². The van der Waals surface area contributed by atoms with Gasteiger partial charge < -0.3 is 9.67 Å². The normalized spacial score (nSPS) is 11.4. The van der Waals surface area contributed by atoms with Crippen LogP contribution in [0.4, 0.5) is 0 Å². The number of hydrogen-bond acceptors (Lipinski definition) is 2. The van der Waals surface area contributed by atoms with E-state index >= 15 is 0 Å². The number of aryl methyl sites for hydroxylation is 2. The van der Waals surface area contributed by atoms with Crippen molar-refractivity contribution in [2.24, 2.45) is 14.1 Å². The summed E-state index contributed by atoms with van der Waals surface area (Å²) in [7, 11) is 3.85. The second-order valence-electron chi connectivity index (χ2n) is 5.67. The lowest BCUT2D eigenvalue weighted by atomic mass is 10.0. The van der Waals surface area contributed by atoms with Crippen LogP contribution in [0.2, 0.25) is 0 Å². The second kappa shape index (κ2) is 4.71. The quantitative estimate of drug-likeness (QED) is 0.617. The van der Waals surface area contributed by atoms with Crippen molar-refractivity contribution in [2.75, 3.05) is 0 Å². The second-order valence-corrected chi connectivity index (χ2v) is 5.67. The van der Waals surface area contributed by atoms with Gasteiger partial charge in [0.05, 0.1) is 11.1 Å². The topological polar surface area (TPSA) is 60.0 Å². The lowest BCUT2D eigenvalue weighted by molar-refractivity contribution is 0.0697. The van der Waals surface area contributed by atoms with Crippen LogP contribution in [0, 0.1) is 0 Å². The van der Waals surface area contributed by atoms with E-state index in [1.54, 1.807) is 16.8 Å². The molecule has 2 aromatic heterocycles. The molecule has 0 atom stereocenters. The van der Waals surface area contributed by atoms with E-state index in [0.717, 1.165) is 33.1 Å². The van der Waals surface area contributed by atoms with Crippen molar-refractivity contribution >= 4 is 27.8 Å². The maximum Gasteiger partial charge on any atom is 0.335 e. The highest BCUT2D eigenvalue weighted by molar-refractivity contribution is 6.04. The summed E-state index contributed by atoms with van der Waals surface area (Å²) < 4.78 is 3.81. The molecular formula is C18H15N3O2. The number of hydrogen-bond donors (Lipinski definition) is 1. The highest BCUT2D eigenvalue weighted by Crippen LogP contribution is 2.33. The minimum atomic E-state index is -0.931. The molecule has 0 saturated heterocycles. The van der Waals surface area contributed by atoms with Crippen LogP contribution in [0.3, 0.4) is 0 Å². The van der Waals surface area contributed by atoms with Crippen LogP contribution in [0.1, 0.15) is 10.4 Å². The Bertz CT molecular complexity index is 1070. The van der Waals surface area contributed by atoms with E-state index in [0.29, 0.717) is 0 Å². The molecule has 2 aromatic carbocycles. The van der Waals surface area contributed by atoms with Crippen molar-refractivity contribution in [1.82, 2.24) is 14.3 Å². The van der Waals surface area contributed by atoms with Crippen molar-refractivity contribution in [3.8, 4) is 11.3 Å². The number of aromatic carboxylic acids is 1.